The summed E-state index contributed by atoms with van der Waals surface area (Å²) in [4.78, 5) is 38.0. The maximum Gasteiger partial charge on any atom is 0.306 e. The maximum atomic E-state index is 12.8. The van der Waals surface area contributed by atoms with Gasteiger partial charge in [-0.3, -0.25) is 14.4 Å². The Morgan fingerprint density at radius 1 is 0.333 bits per heavy atom. The van der Waals surface area contributed by atoms with Crippen LogP contribution in [0.2, 0.25) is 0 Å². The number of unbranched alkanes of at least 4 members (excludes halogenated alkanes) is 21. The van der Waals surface area contributed by atoms with Gasteiger partial charge >= 0.3 is 17.9 Å². The predicted octanol–water partition coefficient (Wildman–Crippen LogP) is 17.2. The monoisotopic (exact) mass is 877 g/mol. The van der Waals surface area contributed by atoms with E-state index in [0.717, 1.165) is 148 Å². The first-order valence-corrected chi connectivity index (χ1v) is 26.1. The van der Waals surface area contributed by atoms with Crippen LogP contribution >= 0.6 is 0 Å². The molecule has 0 radical (unpaired) electrons. The largest absolute Gasteiger partial charge is 0.462 e. The highest BCUT2D eigenvalue weighted by atomic mass is 16.6. The zero-order valence-corrected chi connectivity index (χ0v) is 41.1. The van der Waals surface area contributed by atoms with Crippen molar-refractivity contribution in [3.05, 3.63) is 85.1 Å². The van der Waals surface area contributed by atoms with E-state index < -0.39 is 6.10 Å². The minimum Gasteiger partial charge on any atom is -0.462 e. The minimum atomic E-state index is -0.797. The van der Waals surface area contributed by atoms with Crippen LogP contribution in [0.5, 0.6) is 0 Å². The Morgan fingerprint density at radius 3 is 0.968 bits per heavy atom. The molecule has 0 N–H and O–H groups in total. The van der Waals surface area contributed by atoms with Crippen molar-refractivity contribution in [3.63, 3.8) is 0 Å². The van der Waals surface area contributed by atoms with E-state index in [1.807, 2.05) is 0 Å². The van der Waals surface area contributed by atoms with Gasteiger partial charge in [0, 0.05) is 19.3 Å². The number of hydrogen-bond acceptors (Lipinski definition) is 6. The average molecular weight is 877 g/mol. The Balaban J connectivity index is 4.47. The van der Waals surface area contributed by atoms with Crippen molar-refractivity contribution in [2.24, 2.45) is 0 Å². The summed E-state index contributed by atoms with van der Waals surface area (Å²) in [6.07, 6.45) is 65.6. The molecule has 0 amide bonds. The summed E-state index contributed by atoms with van der Waals surface area (Å²) in [7, 11) is 0. The van der Waals surface area contributed by atoms with Gasteiger partial charge in [-0.2, -0.15) is 0 Å². The second kappa shape index (κ2) is 51.2. The molecule has 6 nitrogen and oxygen atoms in total. The Hall–Kier alpha value is -3.41. The van der Waals surface area contributed by atoms with Crippen LogP contribution in [-0.2, 0) is 28.6 Å². The molecule has 0 atom stereocenters. The molecule has 360 valence electrons. The fourth-order valence-corrected chi connectivity index (χ4v) is 6.93. The summed E-state index contributed by atoms with van der Waals surface area (Å²) in [6.45, 7) is 6.43. The molecule has 0 aliphatic heterocycles. The van der Waals surface area contributed by atoms with Crippen LogP contribution in [0.1, 0.15) is 239 Å². The molecule has 63 heavy (non-hydrogen) atoms. The second-order valence-corrected chi connectivity index (χ2v) is 17.0. The topological polar surface area (TPSA) is 78.9 Å². The fourth-order valence-electron chi connectivity index (χ4n) is 6.93. The lowest BCUT2D eigenvalue weighted by Gasteiger charge is -2.18. The molecule has 0 fully saturated rings. The van der Waals surface area contributed by atoms with Crippen molar-refractivity contribution in [1.29, 1.82) is 0 Å². The summed E-state index contributed by atoms with van der Waals surface area (Å²) in [5, 5.41) is 0. The molecule has 0 aliphatic carbocycles. The molecule has 0 unspecified atom stereocenters. The average Bonchev–Trinajstić information content (AvgIpc) is 3.28. The highest BCUT2D eigenvalue weighted by molar-refractivity contribution is 5.71. The van der Waals surface area contributed by atoms with Crippen LogP contribution in [0.4, 0.5) is 0 Å². The first-order valence-electron chi connectivity index (χ1n) is 26.1. The normalized spacial score (nSPS) is 12.3. The minimum absolute atomic E-state index is 0.0962. The van der Waals surface area contributed by atoms with Crippen LogP contribution in [0, 0.1) is 0 Å². The predicted molar refractivity (Wildman–Crippen MR) is 270 cm³/mol. The number of rotatable bonds is 46. The molecule has 0 heterocycles. The third kappa shape index (κ3) is 49.5. The standard InChI is InChI=1S/C57H96O6/c1-4-7-10-13-16-19-22-25-28-31-34-37-40-43-46-49-55(58)61-52-54(63-57(60)51-48-45-42-39-36-33-30-27-24-21-18-15-12-9-6-3)53-62-56(59)50-47-44-41-38-35-32-29-26-23-20-17-14-11-8-5-2/h9,12,16-21,25-30,54H,4-8,10-11,13-15,22-24,31-53H2,1-3H3/b12-9-,19-16-,20-17-,21-18-,28-25-,29-26-,30-27-. The molecular weight excluding hydrogens is 781 g/mol. The van der Waals surface area contributed by atoms with Crippen molar-refractivity contribution in [1.82, 2.24) is 0 Å². The Kier molecular flexibility index (Phi) is 48.5. The van der Waals surface area contributed by atoms with E-state index in [9.17, 15) is 14.4 Å². The van der Waals surface area contributed by atoms with E-state index >= 15 is 0 Å². The van der Waals surface area contributed by atoms with Crippen molar-refractivity contribution in [2.45, 2.75) is 245 Å². The third-order valence-electron chi connectivity index (χ3n) is 10.9. The highest BCUT2D eigenvalue weighted by Crippen LogP contribution is 2.13. The molecule has 6 heteroatoms. The van der Waals surface area contributed by atoms with Gasteiger partial charge in [0.1, 0.15) is 13.2 Å². The van der Waals surface area contributed by atoms with Crippen LogP contribution in [0.3, 0.4) is 0 Å². The first kappa shape index (κ1) is 59.6. The van der Waals surface area contributed by atoms with E-state index in [4.69, 9.17) is 14.2 Å². The third-order valence-corrected chi connectivity index (χ3v) is 10.9. The summed E-state index contributed by atoms with van der Waals surface area (Å²) < 4.78 is 16.8. The van der Waals surface area contributed by atoms with E-state index in [2.05, 4.69) is 106 Å². The van der Waals surface area contributed by atoms with Gasteiger partial charge in [-0.15, -0.1) is 0 Å². The number of esters is 3. The van der Waals surface area contributed by atoms with Crippen molar-refractivity contribution < 1.29 is 28.6 Å². The number of allylic oxidation sites excluding steroid dienone is 14. The Labute approximate surface area is 388 Å². The molecule has 0 rings (SSSR count). The van der Waals surface area contributed by atoms with E-state index in [1.165, 1.54) is 51.4 Å². The van der Waals surface area contributed by atoms with E-state index in [1.54, 1.807) is 0 Å². The molecule has 0 aromatic rings. The zero-order valence-electron chi connectivity index (χ0n) is 41.1. The van der Waals surface area contributed by atoms with Crippen molar-refractivity contribution in [2.75, 3.05) is 13.2 Å². The lowest BCUT2D eigenvalue weighted by atomic mass is 10.1. The fraction of sp³-hybridized carbons (Fsp3) is 0.702. The molecule has 0 bridgehead atoms. The summed E-state index contributed by atoms with van der Waals surface area (Å²) in [6, 6.07) is 0. The smallest absolute Gasteiger partial charge is 0.306 e. The van der Waals surface area contributed by atoms with Crippen LogP contribution in [0.15, 0.2) is 85.1 Å². The van der Waals surface area contributed by atoms with Gasteiger partial charge in [-0.1, -0.05) is 189 Å². The Bertz CT molecular complexity index is 1170. The molecule has 0 aromatic carbocycles. The van der Waals surface area contributed by atoms with Gasteiger partial charge in [0.15, 0.2) is 6.10 Å². The highest BCUT2D eigenvalue weighted by Gasteiger charge is 2.19. The van der Waals surface area contributed by atoms with E-state index in [0.29, 0.717) is 19.3 Å². The first-order chi connectivity index (χ1) is 31.0. The van der Waals surface area contributed by atoms with Gasteiger partial charge < -0.3 is 14.2 Å². The number of ether oxygens (including phenoxy) is 3. The molecule has 0 aliphatic rings. The number of hydrogen-bond donors (Lipinski definition) is 0. The number of carbonyl (C=O) groups is 3. The molecule has 0 saturated carbocycles. The van der Waals surface area contributed by atoms with Gasteiger partial charge in [-0.25, -0.2) is 0 Å². The Morgan fingerprint density at radius 2 is 0.619 bits per heavy atom. The molecule has 0 saturated heterocycles. The second-order valence-electron chi connectivity index (χ2n) is 17.0. The lowest BCUT2D eigenvalue weighted by Crippen LogP contribution is -2.30. The van der Waals surface area contributed by atoms with Crippen molar-refractivity contribution >= 4 is 17.9 Å². The van der Waals surface area contributed by atoms with Gasteiger partial charge in [-0.05, 0) is 116 Å². The van der Waals surface area contributed by atoms with Gasteiger partial charge in [0.2, 0.25) is 0 Å². The molecular formula is C57H96O6. The van der Waals surface area contributed by atoms with Gasteiger partial charge in [0.25, 0.3) is 0 Å². The quantitative estimate of drug-likeness (QED) is 0.0262. The zero-order chi connectivity index (χ0) is 45.8. The number of carbonyl (C=O) groups excluding carboxylic acids is 3. The van der Waals surface area contributed by atoms with Crippen LogP contribution in [0.25, 0.3) is 0 Å². The van der Waals surface area contributed by atoms with Gasteiger partial charge in [0.05, 0.1) is 0 Å². The maximum absolute atomic E-state index is 12.8. The summed E-state index contributed by atoms with van der Waals surface area (Å²) in [5.41, 5.74) is 0. The van der Waals surface area contributed by atoms with Crippen molar-refractivity contribution in [3.8, 4) is 0 Å². The SMILES string of the molecule is CC/C=C\C/C=C\C/C=C\CCCCCCCC(=O)OC(COC(=O)CCCCCCC/C=C\C/C=C\CCCCC)COC(=O)CCCCCCC/C=C\C/C=C\CCCCC. The summed E-state index contributed by atoms with van der Waals surface area (Å²) >= 11 is 0. The van der Waals surface area contributed by atoms with E-state index in [-0.39, 0.29) is 31.1 Å². The van der Waals surface area contributed by atoms with Crippen LogP contribution < -0.4 is 0 Å². The molecule has 0 aromatic heterocycles. The summed E-state index contributed by atoms with van der Waals surface area (Å²) in [5.74, 6) is -0.940. The lowest BCUT2D eigenvalue weighted by molar-refractivity contribution is -0.167. The van der Waals surface area contributed by atoms with Crippen LogP contribution in [-0.4, -0.2) is 37.2 Å². The molecule has 0 spiro atoms.